The molecule has 0 saturated heterocycles. The first kappa shape index (κ1) is 10.2. The van der Waals surface area contributed by atoms with Gasteiger partial charge in [0.1, 0.15) is 5.84 Å². The third-order valence-electron chi connectivity index (χ3n) is 2.09. The summed E-state index contributed by atoms with van der Waals surface area (Å²) >= 11 is 6.95. The fraction of sp³-hybridized carbons (Fsp3) is 0.300. The number of nitrogens with one attached hydrogen (secondary N) is 1. The lowest BCUT2D eigenvalue weighted by atomic mass is 10.2. The van der Waals surface area contributed by atoms with E-state index in [4.69, 9.17) is 0 Å². The van der Waals surface area contributed by atoms with E-state index in [1.54, 1.807) is 0 Å². The molecule has 4 heteroatoms. The summed E-state index contributed by atoms with van der Waals surface area (Å²) in [7, 11) is 0. The second-order valence-corrected chi connectivity index (χ2v) is 5.13. The van der Waals surface area contributed by atoms with E-state index in [0.29, 0.717) is 6.04 Å². The van der Waals surface area contributed by atoms with Crippen LogP contribution in [0.2, 0.25) is 0 Å². The summed E-state index contributed by atoms with van der Waals surface area (Å²) in [5.41, 5.74) is 1.12. The van der Waals surface area contributed by atoms with Crippen LogP contribution in [0.3, 0.4) is 0 Å². The van der Waals surface area contributed by atoms with Crippen LogP contribution in [0.4, 0.5) is 0 Å². The van der Waals surface area contributed by atoms with Crippen molar-refractivity contribution in [2.24, 2.45) is 4.99 Å². The number of amidine groups is 1. The predicted molar refractivity (Wildman–Crippen MR) is 65.8 cm³/mol. The van der Waals surface area contributed by atoms with Gasteiger partial charge in [-0.05, 0) is 41.1 Å². The van der Waals surface area contributed by atoms with Gasteiger partial charge in [0.25, 0.3) is 0 Å². The van der Waals surface area contributed by atoms with Gasteiger partial charge in [0.2, 0.25) is 0 Å². The SMILES string of the molecule is CC1CN=C(c2ccc(Br)cc2Br)N1. The number of hydrogen-bond donors (Lipinski definition) is 1. The van der Waals surface area contributed by atoms with Gasteiger partial charge in [-0.2, -0.15) is 0 Å². The van der Waals surface area contributed by atoms with Gasteiger partial charge in [0, 0.05) is 20.6 Å². The number of benzene rings is 1. The third-order valence-corrected chi connectivity index (χ3v) is 3.24. The molecule has 0 aliphatic carbocycles. The monoisotopic (exact) mass is 316 g/mol. The lowest BCUT2D eigenvalue weighted by Crippen LogP contribution is -2.27. The lowest BCUT2D eigenvalue weighted by Gasteiger charge is -2.07. The topological polar surface area (TPSA) is 24.4 Å². The van der Waals surface area contributed by atoms with Gasteiger partial charge >= 0.3 is 0 Å². The van der Waals surface area contributed by atoms with E-state index in [0.717, 1.165) is 26.9 Å². The zero-order valence-corrected chi connectivity index (χ0v) is 10.9. The second kappa shape index (κ2) is 4.03. The van der Waals surface area contributed by atoms with Gasteiger partial charge in [0.05, 0.1) is 6.54 Å². The first-order valence-electron chi connectivity index (χ1n) is 4.43. The number of rotatable bonds is 1. The van der Waals surface area contributed by atoms with Crippen molar-refractivity contribution in [2.75, 3.05) is 6.54 Å². The molecule has 1 aliphatic rings. The molecule has 14 heavy (non-hydrogen) atoms. The van der Waals surface area contributed by atoms with Crippen LogP contribution in [0.25, 0.3) is 0 Å². The van der Waals surface area contributed by atoms with Crippen molar-refractivity contribution in [1.29, 1.82) is 0 Å². The minimum absolute atomic E-state index is 0.445. The van der Waals surface area contributed by atoms with Crippen LogP contribution in [-0.4, -0.2) is 18.4 Å². The fourth-order valence-corrected chi connectivity index (χ4v) is 2.63. The van der Waals surface area contributed by atoms with E-state index in [2.05, 4.69) is 55.2 Å². The molecule has 0 bridgehead atoms. The van der Waals surface area contributed by atoms with Gasteiger partial charge in [-0.25, -0.2) is 0 Å². The highest BCUT2D eigenvalue weighted by atomic mass is 79.9. The van der Waals surface area contributed by atoms with Crippen LogP contribution in [0.15, 0.2) is 32.1 Å². The van der Waals surface area contributed by atoms with Crippen molar-refractivity contribution in [2.45, 2.75) is 13.0 Å². The summed E-state index contributed by atoms with van der Waals surface area (Å²) in [5, 5.41) is 3.34. The quantitative estimate of drug-likeness (QED) is 0.846. The molecule has 1 atom stereocenters. The molecule has 0 radical (unpaired) electrons. The van der Waals surface area contributed by atoms with Gasteiger partial charge in [-0.15, -0.1) is 0 Å². The maximum absolute atomic E-state index is 4.44. The number of hydrogen-bond acceptors (Lipinski definition) is 2. The van der Waals surface area contributed by atoms with E-state index in [9.17, 15) is 0 Å². The molecule has 2 nitrogen and oxygen atoms in total. The Bertz CT molecular complexity index is 388. The molecule has 2 rings (SSSR count). The maximum Gasteiger partial charge on any atom is 0.129 e. The van der Waals surface area contributed by atoms with Crippen LogP contribution in [0.1, 0.15) is 12.5 Å². The first-order valence-corrected chi connectivity index (χ1v) is 6.02. The Kier molecular flexibility index (Phi) is 2.93. The molecule has 0 aromatic heterocycles. The molecule has 1 unspecified atom stereocenters. The zero-order chi connectivity index (χ0) is 10.1. The summed E-state index contributed by atoms with van der Waals surface area (Å²) in [4.78, 5) is 4.44. The van der Waals surface area contributed by atoms with E-state index in [1.165, 1.54) is 0 Å². The summed E-state index contributed by atoms with van der Waals surface area (Å²) in [6, 6.07) is 6.55. The summed E-state index contributed by atoms with van der Waals surface area (Å²) in [6.07, 6.45) is 0. The van der Waals surface area contributed by atoms with Gasteiger partial charge in [-0.3, -0.25) is 4.99 Å². The normalized spacial score (nSPS) is 20.5. The number of halogens is 2. The molecule has 0 amide bonds. The van der Waals surface area contributed by atoms with Crippen LogP contribution in [0.5, 0.6) is 0 Å². The lowest BCUT2D eigenvalue weighted by molar-refractivity contribution is 0.726. The van der Waals surface area contributed by atoms with Gasteiger partial charge in [0.15, 0.2) is 0 Å². The zero-order valence-electron chi connectivity index (χ0n) is 7.72. The number of nitrogens with zero attached hydrogens (tertiary/aromatic N) is 1. The van der Waals surface area contributed by atoms with Crippen molar-refractivity contribution in [1.82, 2.24) is 5.32 Å². The van der Waals surface area contributed by atoms with E-state index in [1.807, 2.05) is 12.1 Å². The minimum atomic E-state index is 0.445. The van der Waals surface area contributed by atoms with Gasteiger partial charge in [-0.1, -0.05) is 15.9 Å². The predicted octanol–water partition coefficient (Wildman–Crippen LogP) is 2.95. The van der Waals surface area contributed by atoms with Crippen molar-refractivity contribution < 1.29 is 0 Å². The Morgan fingerprint density at radius 2 is 2.21 bits per heavy atom. The number of aliphatic imine (C=N–C) groups is 1. The Morgan fingerprint density at radius 3 is 2.79 bits per heavy atom. The summed E-state index contributed by atoms with van der Waals surface area (Å²) in [6.45, 7) is 2.99. The Balaban J connectivity index is 2.33. The van der Waals surface area contributed by atoms with Crippen molar-refractivity contribution in [3.05, 3.63) is 32.7 Å². The highest BCUT2D eigenvalue weighted by Crippen LogP contribution is 2.23. The standard InChI is InChI=1S/C10H10Br2N2/c1-6-5-13-10(14-6)8-3-2-7(11)4-9(8)12/h2-4,6H,5H2,1H3,(H,13,14). The maximum atomic E-state index is 4.44. The average Bonchev–Trinajstić information content (AvgIpc) is 2.51. The molecule has 1 N–H and O–H groups in total. The van der Waals surface area contributed by atoms with Crippen molar-refractivity contribution in [3.63, 3.8) is 0 Å². The molecule has 74 valence electrons. The summed E-state index contributed by atoms with van der Waals surface area (Å²) < 4.78 is 2.13. The smallest absolute Gasteiger partial charge is 0.129 e. The molecular formula is C10H10Br2N2. The molecule has 0 spiro atoms. The minimum Gasteiger partial charge on any atom is -0.366 e. The second-order valence-electron chi connectivity index (χ2n) is 3.36. The van der Waals surface area contributed by atoms with Crippen LogP contribution in [-0.2, 0) is 0 Å². The molecular weight excluding hydrogens is 308 g/mol. The van der Waals surface area contributed by atoms with E-state index < -0.39 is 0 Å². The third kappa shape index (κ3) is 2.01. The average molecular weight is 318 g/mol. The van der Waals surface area contributed by atoms with Crippen LogP contribution >= 0.6 is 31.9 Å². The Morgan fingerprint density at radius 1 is 1.43 bits per heavy atom. The fourth-order valence-electron chi connectivity index (χ4n) is 1.40. The van der Waals surface area contributed by atoms with Crippen molar-refractivity contribution in [3.8, 4) is 0 Å². The van der Waals surface area contributed by atoms with Gasteiger partial charge < -0.3 is 5.32 Å². The van der Waals surface area contributed by atoms with E-state index >= 15 is 0 Å². The van der Waals surface area contributed by atoms with Crippen LogP contribution < -0.4 is 5.32 Å². The Hall–Kier alpha value is -0.350. The van der Waals surface area contributed by atoms with Crippen molar-refractivity contribution >= 4 is 37.7 Å². The largest absolute Gasteiger partial charge is 0.366 e. The molecule has 0 fully saturated rings. The highest BCUT2D eigenvalue weighted by molar-refractivity contribution is 9.11. The van der Waals surface area contributed by atoms with E-state index in [-0.39, 0.29) is 0 Å². The first-order chi connectivity index (χ1) is 6.66. The molecule has 1 heterocycles. The molecule has 1 aliphatic heterocycles. The molecule has 1 aromatic carbocycles. The molecule has 0 saturated carbocycles. The van der Waals surface area contributed by atoms with Crippen LogP contribution in [0, 0.1) is 0 Å². The summed E-state index contributed by atoms with van der Waals surface area (Å²) in [5.74, 6) is 0.983. The highest BCUT2D eigenvalue weighted by Gasteiger charge is 2.16. The Labute approximate surface area is 100 Å². The molecule has 1 aromatic rings.